The summed E-state index contributed by atoms with van der Waals surface area (Å²) in [4.78, 5) is 13.2. The van der Waals surface area contributed by atoms with Crippen molar-refractivity contribution in [2.24, 2.45) is 0 Å². The van der Waals surface area contributed by atoms with Gasteiger partial charge in [0.1, 0.15) is 12.1 Å². The van der Waals surface area contributed by atoms with E-state index in [1.54, 1.807) is 6.20 Å². The van der Waals surface area contributed by atoms with Crippen molar-refractivity contribution >= 4 is 39.1 Å². The van der Waals surface area contributed by atoms with Crippen molar-refractivity contribution in [3.63, 3.8) is 0 Å². The second-order valence-electron chi connectivity index (χ2n) is 6.19. The molecule has 0 bridgehead atoms. The maximum Gasteiger partial charge on any atom is 0.186 e. The molecular formula is C20H15N7. The van der Waals surface area contributed by atoms with E-state index in [9.17, 15) is 0 Å². The number of rotatable bonds is 3. The Balaban J connectivity index is 1.63. The molecule has 27 heavy (non-hydrogen) atoms. The van der Waals surface area contributed by atoms with Crippen molar-refractivity contribution in [2.45, 2.75) is 0 Å². The van der Waals surface area contributed by atoms with Gasteiger partial charge < -0.3 is 11.1 Å². The van der Waals surface area contributed by atoms with Crippen LogP contribution >= 0.6 is 0 Å². The Morgan fingerprint density at radius 3 is 2.78 bits per heavy atom. The Bertz CT molecular complexity index is 1280. The van der Waals surface area contributed by atoms with Crippen LogP contribution in [0.25, 0.3) is 33.2 Å². The van der Waals surface area contributed by atoms with E-state index >= 15 is 0 Å². The fourth-order valence-corrected chi connectivity index (χ4v) is 3.13. The molecule has 0 unspecified atom stereocenters. The molecule has 7 heteroatoms. The summed E-state index contributed by atoms with van der Waals surface area (Å²) in [6.07, 6.45) is 3.28. The summed E-state index contributed by atoms with van der Waals surface area (Å²) >= 11 is 0. The molecular weight excluding hydrogens is 338 g/mol. The lowest BCUT2D eigenvalue weighted by molar-refractivity contribution is 1.09. The van der Waals surface area contributed by atoms with E-state index in [4.69, 9.17) is 5.73 Å². The minimum absolute atomic E-state index is 0.582. The number of nitrogen functional groups attached to an aromatic ring is 1. The van der Waals surface area contributed by atoms with Gasteiger partial charge in [0, 0.05) is 16.6 Å². The van der Waals surface area contributed by atoms with Crippen molar-refractivity contribution in [1.29, 1.82) is 0 Å². The lowest BCUT2D eigenvalue weighted by Crippen LogP contribution is -1.97. The molecule has 7 nitrogen and oxygen atoms in total. The normalized spacial score (nSPS) is 11.1. The van der Waals surface area contributed by atoms with E-state index in [1.807, 2.05) is 54.6 Å². The Kier molecular flexibility index (Phi) is 3.43. The Morgan fingerprint density at radius 2 is 1.85 bits per heavy atom. The van der Waals surface area contributed by atoms with Crippen molar-refractivity contribution in [1.82, 2.24) is 25.1 Å². The first-order valence-corrected chi connectivity index (χ1v) is 8.45. The van der Waals surface area contributed by atoms with Crippen LogP contribution < -0.4 is 11.1 Å². The molecule has 5 rings (SSSR count). The number of aromatic nitrogens is 5. The lowest BCUT2D eigenvalue weighted by Gasteiger charge is -2.08. The number of anilines is 3. The third-order valence-electron chi connectivity index (χ3n) is 4.38. The predicted octanol–water partition coefficient (Wildman–Crippen LogP) is 3.89. The molecule has 2 aromatic carbocycles. The van der Waals surface area contributed by atoms with Gasteiger partial charge in [-0.2, -0.15) is 5.10 Å². The van der Waals surface area contributed by atoms with Gasteiger partial charge in [0.05, 0.1) is 28.5 Å². The van der Waals surface area contributed by atoms with Gasteiger partial charge in [-0.3, -0.25) is 10.1 Å². The average Bonchev–Trinajstić information content (AvgIpc) is 3.13. The number of aromatic amines is 1. The topological polar surface area (TPSA) is 105 Å². The molecule has 5 aromatic rings. The lowest BCUT2D eigenvalue weighted by atomic mass is 10.1. The first-order chi connectivity index (χ1) is 13.3. The molecule has 0 spiro atoms. The number of hydrogen-bond acceptors (Lipinski definition) is 6. The maximum absolute atomic E-state index is 5.93. The second kappa shape index (κ2) is 6.06. The zero-order chi connectivity index (χ0) is 18.2. The largest absolute Gasteiger partial charge is 0.399 e. The number of nitrogens with zero attached hydrogens (tertiary/aromatic N) is 4. The number of nitrogens with two attached hydrogens (primary N) is 1. The van der Waals surface area contributed by atoms with Crippen molar-refractivity contribution in [3.05, 3.63) is 67.1 Å². The van der Waals surface area contributed by atoms with Gasteiger partial charge in [-0.25, -0.2) is 9.97 Å². The summed E-state index contributed by atoms with van der Waals surface area (Å²) in [6.45, 7) is 0. The van der Waals surface area contributed by atoms with Crippen LogP contribution in [-0.2, 0) is 0 Å². The molecule has 0 radical (unpaired) electrons. The Hall–Kier alpha value is -4.00. The van der Waals surface area contributed by atoms with Gasteiger partial charge in [-0.1, -0.05) is 30.3 Å². The van der Waals surface area contributed by atoms with Crippen LogP contribution in [0.5, 0.6) is 0 Å². The summed E-state index contributed by atoms with van der Waals surface area (Å²) in [6, 6.07) is 17.6. The summed E-state index contributed by atoms with van der Waals surface area (Å²) in [5.41, 5.74) is 10.7. The minimum Gasteiger partial charge on any atom is -0.399 e. The second-order valence-corrected chi connectivity index (χ2v) is 6.19. The minimum atomic E-state index is 0.582. The van der Waals surface area contributed by atoms with Gasteiger partial charge in [0.15, 0.2) is 5.65 Å². The molecule has 130 valence electrons. The summed E-state index contributed by atoms with van der Waals surface area (Å²) in [7, 11) is 0. The smallest absolute Gasteiger partial charge is 0.186 e. The van der Waals surface area contributed by atoms with Crippen LogP contribution in [0.1, 0.15) is 0 Å². The Labute approximate surface area is 154 Å². The molecule has 0 saturated carbocycles. The first kappa shape index (κ1) is 15.3. The molecule has 4 N–H and O–H groups in total. The van der Waals surface area contributed by atoms with E-state index in [2.05, 4.69) is 30.5 Å². The molecule has 0 amide bonds. The van der Waals surface area contributed by atoms with Crippen LogP contribution in [0.2, 0.25) is 0 Å². The van der Waals surface area contributed by atoms with E-state index in [0.717, 1.165) is 33.2 Å². The van der Waals surface area contributed by atoms with Gasteiger partial charge in [0.2, 0.25) is 0 Å². The van der Waals surface area contributed by atoms with Crippen LogP contribution in [0.3, 0.4) is 0 Å². The SMILES string of the molecule is Nc1cccc(-c2[nH]nc3ncnc(Nc4cnc5ccccc5c4)c23)c1. The van der Waals surface area contributed by atoms with Crippen LogP contribution in [0.4, 0.5) is 17.2 Å². The zero-order valence-electron chi connectivity index (χ0n) is 14.2. The predicted molar refractivity (Wildman–Crippen MR) is 107 cm³/mol. The van der Waals surface area contributed by atoms with Crippen molar-refractivity contribution in [2.75, 3.05) is 11.1 Å². The van der Waals surface area contributed by atoms with E-state index in [-0.39, 0.29) is 0 Å². The molecule has 3 aromatic heterocycles. The third-order valence-corrected chi connectivity index (χ3v) is 4.38. The highest BCUT2D eigenvalue weighted by Crippen LogP contribution is 2.32. The van der Waals surface area contributed by atoms with Gasteiger partial charge in [-0.15, -0.1) is 0 Å². The number of fused-ring (bicyclic) bond motifs is 2. The molecule has 3 heterocycles. The van der Waals surface area contributed by atoms with Crippen LogP contribution in [0.15, 0.2) is 67.1 Å². The Morgan fingerprint density at radius 1 is 0.926 bits per heavy atom. The highest BCUT2D eigenvalue weighted by molar-refractivity contribution is 6.00. The van der Waals surface area contributed by atoms with Gasteiger partial charge in [-0.05, 0) is 24.3 Å². The zero-order valence-corrected chi connectivity index (χ0v) is 14.2. The number of para-hydroxylation sites is 1. The number of hydrogen-bond donors (Lipinski definition) is 3. The quantitative estimate of drug-likeness (QED) is 0.425. The highest BCUT2D eigenvalue weighted by atomic mass is 15.2. The van der Waals surface area contributed by atoms with Gasteiger partial charge in [0.25, 0.3) is 0 Å². The molecule has 0 aliphatic carbocycles. The summed E-state index contributed by atoms with van der Waals surface area (Å²) < 4.78 is 0. The fraction of sp³-hybridized carbons (Fsp3) is 0. The molecule has 0 aliphatic heterocycles. The van der Waals surface area contributed by atoms with E-state index < -0.39 is 0 Å². The van der Waals surface area contributed by atoms with Crippen LogP contribution in [-0.4, -0.2) is 25.1 Å². The monoisotopic (exact) mass is 353 g/mol. The molecule has 0 aliphatic rings. The first-order valence-electron chi connectivity index (χ1n) is 8.45. The number of H-pyrrole nitrogens is 1. The number of pyridine rings is 1. The van der Waals surface area contributed by atoms with Crippen molar-refractivity contribution in [3.8, 4) is 11.3 Å². The molecule has 0 saturated heterocycles. The number of nitrogens with one attached hydrogen (secondary N) is 2. The highest BCUT2D eigenvalue weighted by Gasteiger charge is 2.15. The fourth-order valence-electron chi connectivity index (χ4n) is 3.13. The third kappa shape index (κ3) is 2.71. The number of benzene rings is 2. The standard InChI is InChI=1S/C20H15N7/c21-14-6-3-5-13(8-14)18-17-19(23-11-24-20(17)27-26-18)25-15-9-12-4-1-2-7-16(12)22-10-15/h1-11H,21H2,(H2,23,24,25,26,27). The van der Waals surface area contributed by atoms with Crippen molar-refractivity contribution < 1.29 is 0 Å². The molecule has 0 atom stereocenters. The summed E-state index contributed by atoms with van der Waals surface area (Å²) in [5, 5.41) is 12.6. The van der Waals surface area contributed by atoms with E-state index in [0.29, 0.717) is 17.2 Å². The van der Waals surface area contributed by atoms with Crippen LogP contribution in [0, 0.1) is 0 Å². The summed E-state index contributed by atoms with van der Waals surface area (Å²) in [5.74, 6) is 0.656. The average molecular weight is 353 g/mol. The molecule has 0 fully saturated rings. The van der Waals surface area contributed by atoms with Gasteiger partial charge >= 0.3 is 0 Å². The van der Waals surface area contributed by atoms with E-state index in [1.165, 1.54) is 6.33 Å². The maximum atomic E-state index is 5.93.